The Morgan fingerprint density at radius 3 is 2.80 bits per heavy atom. The van der Waals surface area contributed by atoms with Gasteiger partial charge in [0.15, 0.2) is 5.82 Å². The number of rotatable bonds is 4. The largest absolute Gasteiger partial charge is 0.381 e. The van der Waals surface area contributed by atoms with Crippen LogP contribution in [-0.4, -0.2) is 40.9 Å². The quantitative estimate of drug-likeness (QED) is 0.920. The Balaban J connectivity index is 1.71. The van der Waals surface area contributed by atoms with E-state index in [1.807, 2.05) is 18.7 Å². The highest BCUT2D eigenvalue weighted by Crippen LogP contribution is 2.31. The molecule has 0 bridgehead atoms. The summed E-state index contributed by atoms with van der Waals surface area (Å²) < 4.78 is 10.9. The van der Waals surface area contributed by atoms with Crippen LogP contribution in [0.25, 0.3) is 0 Å². The predicted molar refractivity (Wildman–Crippen MR) is 78.8 cm³/mol. The summed E-state index contributed by atoms with van der Waals surface area (Å²) >= 11 is 2.04. The monoisotopic (exact) mass is 297 g/mol. The number of nitrogens with one attached hydrogen (secondary N) is 1. The second-order valence-electron chi connectivity index (χ2n) is 5.69. The highest BCUT2D eigenvalue weighted by molar-refractivity contribution is 7.99. The van der Waals surface area contributed by atoms with Crippen molar-refractivity contribution in [3.63, 3.8) is 0 Å². The van der Waals surface area contributed by atoms with Crippen molar-refractivity contribution in [3.05, 3.63) is 11.7 Å². The standard InChI is InChI=1S/C14H23N3O2S/c1-10-15-14(19-17-10)13(11-4-6-18-7-5-11)16-12-3-2-8-20-9-12/h11-13,16H,2-9H2,1H3. The topological polar surface area (TPSA) is 60.2 Å². The van der Waals surface area contributed by atoms with Gasteiger partial charge in [-0.05, 0) is 44.3 Å². The zero-order valence-electron chi connectivity index (χ0n) is 12.0. The van der Waals surface area contributed by atoms with Crippen LogP contribution >= 0.6 is 11.8 Å². The van der Waals surface area contributed by atoms with Crippen LogP contribution < -0.4 is 5.32 Å². The lowest BCUT2D eigenvalue weighted by Crippen LogP contribution is -2.41. The summed E-state index contributed by atoms with van der Waals surface area (Å²) in [5, 5.41) is 7.75. The van der Waals surface area contributed by atoms with Gasteiger partial charge in [0.25, 0.3) is 0 Å². The molecular formula is C14H23N3O2S. The van der Waals surface area contributed by atoms with Crippen LogP contribution in [0.1, 0.15) is 43.4 Å². The molecule has 6 heteroatoms. The summed E-state index contributed by atoms with van der Waals surface area (Å²) in [4.78, 5) is 4.46. The Kier molecular flexibility index (Phi) is 4.96. The molecule has 3 heterocycles. The number of hydrogen-bond donors (Lipinski definition) is 1. The normalized spacial score (nSPS) is 26.6. The van der Waals surface area contributed by atoms with Crippen molar-refractivity contribution in [2.24, 2.45) is 5.92 Å². The Labute approximate surface area is 124 Å². The van der Waals surface area contributed by atoms with Crippen LogP contribution in [0.4, 0.5) is 0 Å². The number of aromatic nitrogens is 2. The maximum Gasteiger partial charge on any atom is 0.244 e. The molecular weight excluding hydrogens is 274 g/mol. The number of nitrogens with zero attached hydrogens (tertiary/aromatic N) is 2. The number of aryl methyl sites for hydroxylation is 1. The Morgan fingerprint density at radius 2 is 2.15 bits per heavy atom. The third-order valence-corrected chi connectivity index (χ3v) is 5.34. The molecule has 2 atom stereocenters. The molecule has 1 N–H and O–H groups in total. The van der Waals surface area contributed by atoms with E-state index in [9.17, 15) is 0 Å². The van der Waals surface area contributed by atoms with Crippen LogP contribution in [-0.2, 0) is 4.74 Å². The van der Waals surface area contributed by atoms with Gasteiger partial charge in [0.2, 0.25) is 5.89 Å². The summed E-state index contributed by atoms with van der Waals surface area (Å²) in [5.74, 6) is 4.49. The number of ether oxygens (including phenoxy) is 1. The van der Waals surface area contributed by atoms with Gasteiger partial charge in [-0.3, -0.25) is 0 Å². The minimum absolute atomic E-state index is 0.184. The molecule has 2 unspecified atom stereocenters. The molecule has 1 aromatic heterocycles. The average molecular weight is 297 g/mol. The van der Waals surface area contributed by atoms with Gasteiger partial charge in [-0.25, -0.2) is 0 Å². The first-order valence-corrected chi connectivity index (χ1v) is 8.70. The lowest BCUT2D eigenvalue weighted by molar-refractivity contribution is 0.0470. The fourth-order valence-corrected chi connectivity index (χ4v) is 4.11. The molecule has 2 aliphatic rings. The highest BCUT2D eigenvalue weighted by atomic mass is 32.2. The number of hydrogen-bond acceptors (Lipinski definition) is 6. The predicted octanol–water partition coefficient (Wildman–Crippen LogP) is 2.33. The van der Waals surface area contributed by atoms with Gasteiger partial charge in [-0.2, -0.15) is 16.7 Å². The Hall–Kier alpha value is -0.590. The summed E-state index contributed by atoms with van der Waals surface area (Å²) in [6.07, 6.45) is 4.68. The van der Waals surface area contributed by atoms with Crippen molar-refractivity contribution in [2.45, 2.75) is 44.7 Å². The maximum atomic E-state index is 5.48. The fraction of sp³-hybridized carbons (Fsp3) is 0.857. The van der Waals surface area contributed by atoms with Gasteiger partial charge in [-0.15, -0.1) is 0 Å². The van der Waals surface area contributed by atoms with E-state index in [1.165, 1.54) is 24.3 Å². The molecule has 0 aromatic carbocycles. The second-order valence-corrected chi connectivity index (χ2v) is 6.84. The summed E-state index contributed by atoms with van der Waals surface area (Å²) in [7, 11) is 0. The highest BCUT2D eigenvalue weighted by Gasteiger charge is 2.31. The fourth-order valence-electron chi connectivity index (χ4n) is 3.02. The van der Waals surface area contributed by atoms with Crippen molar-refractivity contribution in [1.82, 2.24) is 15.5 Å². The molecule has 2 aliphatic heterocycles. The zero-order valence-corrected chi connectivity index (χ0v) is 12.8. The molecule has 2 fully saturated rings. The van der Waals surface area contributed by atoms with Gasteiger partial charge in [0.1, 0.15) is 0 Å². The summed E-state index contributed by atoms with van der Waals surface area (Å²) in [5.41, 5.74) is 0. The first-order valence-electron chi connectivity index (χ1n) is 7.54. The minimum Gasteiger partial charge on any atom is -0.381 e. The molecule has 3 rings (SSSR count). The molecule has 0 saturated carbocycles. The Morgan fingerprint density at radius 1 is 1.30 bits per heavy atom. The van der Waals surface area contributed by atoms with Gasteiger partial charge < -0.3 is 14.6 Å². The molecule has 2 saturated heterocycles. The van der Waals surface area contributed by atoms with E-state index in [-0.39, 0.29) is 6.04 Å². The van der Waals surface area contributed by atoms with Crippen LogP contribution in [0.3, 0.4) is 0 Å². The van der Waals surface area contributed by atoms with Crippen LogP contribution in [0.5, 0.6) is 0 Å². The lowest BCUT2D eigenvalue weighted by atomic mass is 9.90. The molecule has 0 spiro atoms. The zero-order chi connectivity index (χ0) is 13.8. The summed E-state index contributed by atoms with van der Waals surface area (Å²) in [6, 6.07) is 0.748. The molecule has 1 aromatic rings. The van der Waals surface area contributed by atoms with E-state index < -0.39 is 0 Å². The molecule has 20 heavy (non-hydrogen) atoms. The van der Waals surface area contributed by atoms with E-state index in [4.69, 9.17) is 9.26 Å². The van der Waals surface area contributed by atoms with Crippen molar-refractivity contribution in [3.8, 4) is 0 Å². The first kappa shape index (κ1) is 14.4. The van der Waals surface area contributed by atoms with E-state index in [0.717, 1.165) is 37.8 Å². The van der Waals surface area contributed by atoms with Gasteiger partial charge in [-0.1, -0.05) is 5.16 Å². The van der Waals surface area contributed by atoms with Crippen LogP contribution in [0.15, 0.2) is 4.52 Å². The van der Waals surface area contributed by atoms with Crippen molar-refractivity contribution in [2.75, 3.05) is 24.7 Å². The third-order valence-electron chi connectivity index (χ3n) is 4.12. The molecule has 0 amide bonds. The average Bonchev–Trinajstić information content (AvgIpc) is 2.93. The molecule has 5 nitrogen and oxygen atoms in total. The van der Waals surface area contributed by atoms with Gasteiger partial charge >= 0.3 is 0 Å². The van der Waals surface area contributed by atoms with Gasteiger partial charge in [0.05, 0.1) is 6.04 Å². The lowest BCUT2D eigenvalue weighted by Gasteiger charge is -2.33. The van der Waals surface area contributed by atoms with Crippen molar-refractivity contribution >= 4 is 11.8 Å². The van der Waals surface area contributed by atoms with Crippen LogP contribution in [0.2, 0.25) is 0 Å². The number of thioether (sulfide) groups is 1. The third kappa shape index (κ3) is 3.54. The van der Waals surface area contributed by atoms with E-state index in [1.54, 1.807) is 0 Å². The minimum atomic E-state index is 0.184. The van der Waals surface area contributed by atoms with E-state index in [2.05, 4.69) is 15.5 Å². The SMILES string of the molecule is Cc1noc(C(NC2CCCSC2)C2CCOCC2)n1. The summed E-state index contributed by atoms with van der Waals surface area (Å²) in [6.45, 7) is 3.56. The first-order chi connectivity index (χ1) is 9.83. The van der Waals surface area contributed by atoms with E-state index in [0.29, 0.717) is 12.0 Å². The Bertz CT molecular complexity index is 414. The molecule has 0 radical (unpaired) electrons. The van der Waals surface area contributed by atoms with Crippen molar-refractivity contribution < 1.29 is 9.26 Å². The smallest absolute Gasteiger partial charge is 0.244 e. The van der Waals surface area contributed by atoms with Crippen LogP contribution in [0, 0.1) is 12.8 Å². The molecule has 0 aliphatic carbocycles. The van der Waals surface area contributed by atoms with E-state index >= 15 is 0 Å². The second kappa shape index (κ2) is 6.91. The molecule has 112 valence electrons. The van der Waals surface area contributed by atoms with Gasteiger partial charge in [0, 0.05) is 25.0 Å². The maximum absolute atomic E-state index is 5.48. The van der Waals surface area contributed by atoms with Crippen molar-refractivity contribution in [1.29, 1.82) is 0 Å².